The predicted octanol–water partition coefficient (Wildman–Crippen LogP) is 4.11. The topological polar surface area (TPSA) is 21.3 Å². The summed E-state index contributed by atoms with van der Waals surface area (Å²) in [5, 5.41) is 4.56. The summed E-state index contributed by atoms with van der Waals surface area (Å²) in [7, 11) is 1.69. The average Bonchev–Trinajstić information content (AvgIpc) is 2.28. The fourth-order valence-corrected chi connectivity index (χ4v) is 2.85. The van der Waals surface area contributed by atoms with Gasteiger partial charge in [-0.15, -0.1) is 0 Å². The molecule has 1 N–H and O–H groups in total. The molecule has 0 saturated heterocycles. The van der Waals surface area contributed by atoms with E-state index in [9.17, 15) is 0 Å². The number of hydrogen-bond acceptors (Lipinski definition) is 2. The molecule has 0 fully saturated rings. The zero-order chi connectivity index (χ0) is 12.9. The molecule has 0 aliphatic heterocycles. The van der Waals surface area contributed by atoms with Crippen LogP contribution < -0.4 is 10.1 Å². The van der Waals surface area contributed by atoms with E-state index >= 15 is 0 Å². The van der Waals surface area contributed by atoms with Crippen molar-refractivity contribution in [3.05, 3.63) is 28.2 Å². The van der Waals surface area contributed by atoms with Gasteiger partial charge < -0.3 is 10.1 Å². The number of alkyl halides is 1. The maximum absolute atomic E-state index is 5.23. The second-order valence-electron chi connectivity index (χ2n) is 4.63. The summed E-state index contributed by atoms with van der Waals surface area (Å²) in [6.45, 7) is 5.25. The van der Waals surface area contributed by atoms with Crippen LogP contribution in [0.5, 0.6) is 5.75 Å². The summed E-state index contributed by atoms with van der Waals surface area (Å²) in [4.78, 5) is 0. The highest BCUT2D eigenvalue weighted by Crippen LogP contribution is 2.23. The molecule has 0 amide bonds. The Morgan fingerprint density at radius 1 is 1.35 bits per heavy atom. The largest absolute Gasteiger partial charge is 0.497 e. The third kappa shape index (κ3) is 4.98. The van der Waals surface area contributed by atoms with E-state index in [2.05, 4.69) is 57.1 Å². The molecule has 1 aromatic rings. The lowest BCUT2D eigenvalue weighted by Gasteiger charge is -2.26. The van der Waals surface area contributed by atoms with Crippen LogP contribution in [0.25, 0.3) is 0 Å². The second kappa shape index (κ2) is 6.76. The van der Waals surface area contributed by atoms with E-state index in [0.717, 1.165) is 28.5 Å². The van der Waals surface area contributed by atoms with Crippen LogP contribution in [0.15, 0.2) is 22.7 Å². The van der Waals surface area contributed by atoms with E-state index < -0.39 is 0 Å². The molecule has 0 aliphatic carbocycles. The number of hydrogen-bond donors (Lipinski definition) is 1. The Morgan fingerprint density at radius 2 is 2.06 bits per heavy atom. The monoisotopic (exact) mass is 363 g/mol. The van der Waals surface area contributed by atoms with Gasteiger partial charge in [0.25, 0.3) is 0 Å². The third-order valence-corrected chi connectivity index (χ3v) is 3.90. The van der Waals surface area contributed by atoms with E-state index in [1.54, 1.807) is 7.11 Å². The first-order valence-corrected chi connectivity index (χ1v) is 7.53. The normalized spacial score (nSPS) is 11.6. The molecule has 0 bridgehead atoms. The number of halogens is 2. The van der Waals surface area contributed by atoms with Gasteiger partial charge in [-0.1, -0.05) is 31.9 Å². The Labute approximate surface area is 120 Å². The van der Waals surface area contributed by atoms with Crippen molar-refractivity contribution in [3.8, 4) is 5.75 Å². The maximum Gasteiger partial charge on any atom is 0.119 e. The van der Waals surface area contributed by atoms with Gasteiger partial charge >= 0.3 is 0 Å². The minimum atomic E-state index is 0.131. The standard InChI is InChI=1S/C13H19Br2NO/c1-13(2,6-7-14)16-9-10-8-11(17-3)4-5-12(10)15/h4-5,8,16H,6-7,9H2,1-3H3. The van der Waals surface area contributed by atoms with E-state index in [0.29, 0.717) is 0 Å². The first kappa shape index (κ1) is 15.0. The third-order valence-electron chi connectivity index (χ3n) is 2.73. The summed E-state index contributed by atoms with van der Waals surface area (Å²) in [6.07, 6.45) is 1.09. The Bertz CT molecular complexity index is 366. The smallest absolute Gasteiger partial charge is 0.119 e. The molecule has 1 rings (SSSR count). The van der Waals surface area contributed by atoms with Crippen molar-refractivity contribution in [2.24, 2.45) is 0 Å². The van der Waals surface area contributed by atoms with Crippen LogP contribution in [0.4, 0.5) is 0 Å². The number of ether oxygens (including phenoxy) is 1. The van der Waals surface area contributed by atoms with Gasteiger partial charge in [0, 0.05) is 21.9 Å². The zero-order valence-corrected chi connectivity index (χ0v) is 13.7. The predicted molar refractivity (Wildman–Crippen MR) is 80.0 cm³/mol. The Hall–Kier alpha value is -0.0600. The molecular weight excluding hydrogens is 346 g/mol. The summed E-state index contributed by atoms with van der Waals surface area (Å²) < 4.78 is 6.34. The first-order chi connectivity index (χ1) is 7.98. The van der Waals surface area contributed by atoms with E-state index in [-0.39, 0.29) is 5.54 Å². The van der Waals surface area contributed by atoms with Crippen molar-refractivity contribution in [3.63, 3.8) is 0 Å². The first-order valence-electron chi connectivity index (χ1n) is 5.62. The molecule has 0 atom stereocenters. The van der Waals surface area contributed by atoms with E-state index in [1.807, 2.05) is 12.1 Å². The number of benzene rings is 1. The van der Waals surface area contributed by atoms with Crippen LogP contribution in [0.2, 0.25) is 0 Å². The molecule has 17 heavy (non-hydrogen) atoms. The molecular formula is C13H19Br2NO. The van der Waals surface area contributed by atoms with Gasteiger partial charge in [-0.3, -0.25) is 0 Å². The number of methoxy groups -OCH3 is 1. The molecule has 4 heteroatoms. The van der Waals surface area contributed by atoms with Gasteiger partial charge in [0.05, 0.1) is 7.11 Å². The van der Waals surface area contributed by atoms with Crippen molar-refractivity contribution >= 4 is 31.9 Å². The van der Waals surface area contributed by atoms with Gasteiger partial charge in [0.15, 0.2) is 0 Å². The molecule has 0 unspecified atom stereocenters. The fraction of sp³-hybridized carbons (Fsp3) is 0.538. The van der Waals surface area contributed by atoms with Crippen LogP contribution in [0, 0.1) is 0 Å². The van der Waals surface area contributed by atoms with Crippen LogP contribution in [-0.2, 0) is 6.54 Å². The summed E-state index contributed by atoms with van der Waals surface area (Å²) in [6, 6.07) is 6.03. The molecule has 0 saturated carbocycles. The maximum atomic E-state index is 5.23. The van der Waals surface area contributed by atoms with Gasteiger partial charge in [-0.05, 0) is 44.0 Å². The van der Waals surface area contributed by atoms with Crippen LogP contribution >= 0.6 is 31.9 Å². The molecule has 0 heterocycles. The van der Waals surface area contributed by atoms with Crippen molar-refractivity contribution in [1.82, 2.24) is 5.32 Å². The minimum Gasteiger partial charge on any atom is -0.497 e. The number of rotatable bonds is 6. The summed E-state index contributed by atoms with van der Waals surface area (Å²) in [5.41, 5.74) is 1.35. The van der Waals surface area contributed by atoms with Gasteiger partial charge in [0.1, 0.15) is 5.75 Å². The molecule has 0 spiro atoms. The van der Waals surface area contributed by atoms with E-state index in [1.165, 1.54) is 5.56 Å². The average molecular weight is 365 g/mol. The molecule has 0 radical (unpaired) electrons. The van der Waals surface area contributed by atoms with Gasteiger partial charge in [0.2, 0.25) is 0 Å². The van der Waals surface area contributed by atoms with Crippen molar-refractivity contribution in [1.29, 1.82) is 0 Å². The lowest BCUT2D eigenvalue weighted by atomic mass is 10.0. The van der Waals surface area contributed by atoms with Crippen molar-refractivity contribution < 1.29 is 4.74 Å². The molecule has 1 aromatic carbocycles. The fourth-order valence-electron chi connectivity index (χ4n) is 1.47. The quantitative estimate of drug-likeness (QED) is 0.767. The number of nitrogens with one attached hydrogen (secondary N) is 1. The van der Waals surface area contributed by atoms with Gasteiger partial charge in [-0.25, -0.2) is 0 Å². The molecule has 0 aliphatic rings. The Kier molecular flexibility index (Phi) is 5.97. The van der Waals surface area contributed by atoms with Crippen LogP contribution in [0.3, 0.4) is 0 Å². The molecule has 2 nitrogen and oxygen atoms in total. The highest BCUT2D eigenvalue weighted by molar-refractivity contribution is 9.10. The Balaban J connectivity index is 2.68. The lowest BCUT2D eigenvalue weighted by Crippen LogP contribution is -2.39. The lowest BCUT2D eigenvalue weighted by molar-refractivity contribution is 0.376. The molecule has 0 aromatic heterocycles. The Morgan fingerprint density at radius 3 is 2.65 bits per heavy atom. The van der Waals surface area contributed by atoms with Crippen LogP contribution in [0.1, 0.15) is 25.8 Å². The second-order valence-corrected chi connectivity index (χ2v) is 6.28. The molecule has 96 valence electrons. The zero-order valence-electron chi connectivity index (χ0n) is 10.5. The van der Waals surface area contributed by atoms with Crippen molar-refractivity contribution in [2.75, 3.05) is 12.4 Å². The van der Waals surface area contributed by atoms with Crippen LogP contribution in [-0.4, -0.2) is 18.0 Å². The minimum absolute atomic E-state index is 0.131. The summed E-state index contributed by atoms with van der Waals surface area (Å²) >= 11 is 7.04. The SMILES string of the molecule is COc1ccc(Br)c(CNC(C)(C)CCBr)c1. The van der Waals surface area contributed by atoms with Gasteiger partial charge in [-0.2, -0.15) is 0 Å². The highest BCUT2D eigenvalue weighted by atomic mass is 79.9. The summed E-state index contributed by atoms with van der Waals surface area (Å²) in [5.74, 6) is 0.892. The van der Waals surface area contributed by atoms with Crippen molar-refractivity contribution in [2.45, 2.75) is 32.4 Å². The highest BCUT2D eigenvalue weighted by Gasteiger charge is 2.16. The van der Waals surface area contributed by atoms with E-state index in [4.69, 9.17) is 4.74 Å².